The van der Waals surface area contributed by atoms with Crippen molar-refractivity contribution in [3.63, 3.8) is 0 Å². The van der Waals surface area contributed by atoms with Crippen molar-refractivity contribution in [1.29, 1.82) is 0 Å². The molecule has 0 amide bonds. The molecule has 0 aliphatic carbocycles. The lowest BCUT2D eigenvalue weighted by Crippen LogP contribution is -2.17. The zero-order chi connectivity index (χ0) is 13.0. The Bertz CT molecular complexity index is 489. The first-order chi connectivity index (χ1) is 8.70. The van der Waals surface area contributed by atoms with E-state index in [1.807, 2.05) is 0 Å². The summed E-state index contributed by atoms with van der Waals surface area (Å²) in [6.45, 7) is 5.30. The average molecular weight is 324 g/mol. The Kier molecular flexibility index (Phi) is 4.98. The van der Waals surface area contributed by atoms with Gasteiger partial charge in [-0.2, -0.15) is 0 Å². The Balaban J connectivity index is 1.93. The fourth-order valence-corrected chi connectivity index (χ4v) is 3.62. The average Bonchev–Trinajstić information content (AvgIpc) is 2.83. The molecule has 0 radical (unpaired) electrons. The molecule has 1 atom stereocenters. The van der Waals surface area contributed by atoms with Gasteiger partial charge in [0.25, 0.3) is 0 Å². The molecule has 0 bridgehead atoms. The maximum atomic E-state index is 3.58. The van der Waals surface area contributed by atoms with E-state index in [0.29, 0.717) is 6.04 Å². The topological polar surface area (TPSA) is 12.0 Å². The van der Waals surface area contributed by atoms with Gasteiger partial charge in [0, 0.05) is 21.9 Å². The molecule has 2 aromatic rings. The molecule has 0 aliphatic rings. The predicted molar refractivity (Wildman–Crippen MR) is 83.1 cm³/mol. The Hall–Kier alpha value is -0.640. The van der Waals surface area contributed by atoms with E-state index >= 15 is 0 Å². The minimum atomic E-state index is 0.380. The van der Waals surface area contributed by atoms with Gasteiger partial charge in [-0.05, 0) is 51.8 Å². The van der Waals surface area contributed by atoms with Crippen LogP contribution in [0.1, 0.15) is 35.9 Å². The summed E-state index contributed by atoms with van der Waals surface area (Å²) in [6, 6.07) is 11.3. The van der Waals surface area contributed by atoms with E-state index in [0.717, 1.165) is 13.0 Å². The van der Waals surface area contributed by atoms with Gasteiger partial charge < -0.3 is 5.32 Å². The Morgan fingerprint density at radius 1 is 1.17 bits per heavy atom. The van der Waals surface area contributed by atoms with Crippen LogP contribution in [0, 0.1) is 0 Å². The van der Waals surface area contributed by atoms with Gasteiger partial charge >= 0.3 is 0 Å². The van der Waals surface area contributed by atoms with Crippen molar-refractivity contribution >= 4 is 27.3 Å². The number of thiophene rings is 1. The van der Waals surface area contributed by atoms with Crippen molar-refractivity contribution in [1.82, 2.24) is 5.32 Å². The van der Waals surface area contributed by atoms with E-state index in [2.05, 4.69) is 70.8 Å². The van der Waals surface area contributed by atoms with Gasteiger partial charge in [-0.15, -0.1) is 11.3 Å². The number of nitrogens with one attached hydrogen (secondary N) is 1. The number of hydrogen-bond acceptors (Lipinski definition) is 2. The summed E-state index contributed by atoms with van der Waals surface area (Å²) >= 11 is 5.37. The van der Waals surface area contributed by atoms with Gasteiger partial charge in [0.15, 0.2) is 0 Å². The maximum absolute atomic E-state index is 3.58. The van der Waals surface area contributed by atoms with Crippen LogP contribution >= 0.6 is 27.3 Å². The molecule has 1 heterocycles. The lowest BCUT2D eigenvalue weighted by atomic mass is 10.1. The van der Waals surface area contributed by atoms with Crippen molar-refractivity contribution < 1.29 is 0 Å². The standard InChI is InChI=1S/C15H18BrNS/c1-3-12-4-6-13(7-5-12)10-17-11(2)15-14(16)8-9-18-15/h4-9,11,17H,3,10H2,1-2H3. The Morgan fingerprint density at radius 3 is 2.39 bits per heavy atom. The van der Waals surface area contributed by atoms with E-state index in [-0.39, 0.29) is 0 Å². The summed E-state index contributed by atoms with van der Waals surface area (Å²) in [4.78, 5) is 1.36. The van der Waals surface area contributed by atoms with Gasteiger partial charge in [-0.1, -0.05) is 31.2 Å². The maximum Gasteiger partial charge on any atom is 0.0400 e. The van der Waals surface area contributed by atoms with E-state index in [1.165, 1.54) is 20.5 Å². The summed E-state index contributed by atoms with van der Waals surface area (Å²) in [5, 5.41) is 5.68. The van der Waals surface area contributed by atoms with Gasteiger partial charge in [0.1, 0.15) is 0 Å². The van der Waals surface area contributed by atoms with Gasteiger partial charge in [0.2, 0.25) is 0 Å². The lowest BCUT2D eigenvalue weighted by Gasteiger charge is -2.13. The van der Waals surface area contributed by atoms with Crippen molar-refractivity contribution in [2.24, 2.45) is 0 Å². The van der Waals surface area contributed by atoms with Crippen LogP contribution in [0.3, 0.4) is 0 Å². The first-order valence-corrected chi connectivity index (χ1v) is 7.92. The number of benzene rings is 1. The first-order valence-electron chi connectivity index (χ1n) is 6.24. The predicted octanol–water partition coefficient (Wildman–Crippen LogP) is 4.92. The monoisotopic (exact) mass is 323 g/mol. The van der Waals surface area contributed by atoms with Gasteiger partial charge in [-0.25, -0.2) is 0 Å². The van der Waals surface area contributed by atoms with Crippen molar-refractivity contribution in [3.05, 3.63) is 56.2 Å². The summed E-state index contributed by atoms with van der Waals surface area (Å²) in [5.74, 6) is 0. The van der Waals surface area contributed by atoms with Crippen LogP contribution in [-0.2, 0) is 13.0 Å². The fraction of sp³-hybridized carbons (Fsp3) is 0.333. The highest BCUT2D eigenvalue weighted by molar-refractivity contribution is 9.10. The largest absolute Gasteiger partial charge is 0.305 e. The lowest BCUT2D eigenvalue weighted by molar-refractivity contribution is 0.581. The SMILES string of the molecule is CCc1ccc(CNC(C)c2sccc2Br)cc1. The fourth-order valence-electron chi connectivity index (χ4n) is 1.87. The zero-order valence-electron chi connectivity index (χ0n) is 10.7. The molecule has 96 valence electrons. The number of aryl methyl sites for hydroxylation is 1. The van der Waals surface area contributed by atoms with Crippen LogP contribution < -0.4 is 5.32 Å². The van der Waals surface area contributed by atoms with Crippen molar-refractivity contribution in [3.8, 4) is 0 Å². The molecule has 0 saturated carbocycles. The highest BCUT2D eigenvalue weighted by Crippen LogP contribution is 2.28. The van der Waals surface area contributed by atoms with Crippen LogP contribution in [-0.4, -0.2) is 0 Å². The summed E-state index contributed by atoms with van der Waals surface area (Å²) in [7, 11) is 0. The van der Waals surface area contributed by atoms with E-state index < -0.39 is 0 Å². The third-order valence-corrected chi connectivity index (χ3v) is 5.14. The molecule has 1 aromatic carbocycles. The molecule has 0 spiro atoms. The van der Waals surface area contributed by atoms with Crippen molar-refractivity contribution in [2.45, 2.75) is 32.9 Å². The van der Waals surface area contributed by atoms with Crippen LogP contribution in [0.5, 0.6) is 0 Å². The summed E-state index contributed by atoms with van der Waals surface area (Å²) in [6.07, 6.45) is 1.10. The number of halogens is 1. The molecule has 2 rings (SSSR count). The molecular formula is C15H18BrNS. The second-order valence-electron chi connectivity index (χ2n) is 4.41. The van der Waals surface area contributed by atoms with Gasteiger partial charge in [-0.3, -0.25) is 0 Å². The molecule has 0 saturated heterocycles. The van der Waals surface area contributed by atoms with Crippen LogP contribution in [0.2, 0.25) is 0 Å². The zero-order valence-corrected chi connectivity index (χ0v) is 13.1. The van der Waals surface area contributed by atoms with E-state index in [9.17, 15) is 0 Å². The Morgan fingerprint density at radius 2 is 1.83 bits per heavy atom. The quantitative estimate of drug-likeness (QED) is 0.823. The molecule has 1 aromatic heterocycles. The third kappa shape index (κ3) is 3.44. The van der Waals surface area contributed by atoms with Crippen molar-refractivity contribution in [2.75, 3.05) is 0 Å². The van der Waals surface area contributed by atoms with Gasteiger partial charge in [0.05, 0.1) is 0 Å². The number of rotatable bonds is 5. The third-order valence-electron chi connectivity index (χ3n) is 3.08. The minimum Gasteiger partial charge on any atom is -0.305 e. The second kappa shape index (κ2) is 6.50. The second-order valence-corrected chi connectivity index (χ2v) is 6.21. The summed E-state index contributed by atoms with van der Waals surface area (Å²) in [5.41, 5.74) is 2.74. The molecule has 3 heteroatoms. The molecule has 1 unspecified atom stereocenters. The molecule has 1 nitrogen and oxygen atoms in total. The smallest absolute Gasteiger partial charge is 0.0400 e. The highest BCUT2D eigenvalue weighted by Gasteiger charge is 2.09. The van der Waals surface area contributed by atoms with E-state index in [4.69, 9.17) is 0 Å². The van der Waals surface area contributed by atoms with Crippen LogP contribution in [0.15, 0.2) is 40.2 Å². The molecule has 18 heavy (non-hydrogen) atoms. The molecule has 0 aliphatic heterocycles. The normalized spacial score (nSPS) is 12.6. The molecule has 1 N–H and O–H groups in total. The summed E-state index contributed by atoms with van der Waals surface area (Å²) < 4.78 is 1.20. The molecule has 0 fully saturated rings. The minimum absolute atomic E-state index is 0.380. The van der Waals surface area contributed by atoms with Crippen LogP contribution in [0.25, 0.3) is 0 Å². The van der Waals surface area contributed by atoms with E-state index in [1.54, 1.807) is 11.3 Å². The Labute approximate surface area is 121 Å². The molecular weight excluding hydrogens is 306 g/mol. The number of hydrogen-bond donors (Lipinski definition) is 1. The van der Waals surface area contributed by atoms with Crippen LogP contribution in [0.4, 0.5) is 0 Å². The first kappa shape index (κ1) is 13.8. The highest BCUT2D eigenvalue weighted by atomic mass is 79.9.